The summed E-state index contributed by atoms with van der Waals surface area (Å²) in [6.07, 6.45) is 41.0. The molecular formula is C55H108N2O6. The van der Waals surface area contributed by atoms with E-state index in [9.17, 15) is 14.4 Å². The Bertz CT molecular complexity index is 952. The number of nitrogens with zero attached hydrogens (tertiary/aromatic N) is 2. The summed E-state index contributed by atoms with van der Waals surface area (Å²) in [5, 5.41) is 0. The molecule has 374 valence electrons. The Morgan fingerprint density at radius 1 is 0.381 bits per heavy atom. The first-order valence-corrected chi connectivity index (χ1v) is 27.6. The van der Waals surface area contributed by atoms with Gasteiger partial charge in [0.05, 0.1) is 19.8 Å². The molecule has 0 aliphatic carbocycles. The predicted octanol–water partition coefficient (Wildman–Crippen LogP) is 16.2. The minimum absolute atomic E-state index is 0.0194. The molecule has 0 aliphatic rings. The summed E-state index contributed by atoms with van der Waals surface area (Å²) in [5.74, 6) is 0.994. The molecule has 0 N–H and O–H groups in total. The summed E-state index contributed by atoms with van der Waals surface area (Å²) in [7, 11) is 4.20. The number of hydrogen-bond donors (Lipinski definition) is 0. The maximum Gasteiger partial charge on any atom is 0.410 e. The molecule has 0 aromatic rings. The molecule has 0 aliphatic heterocycles. The van der Waals surface area contributed by atoms with E-state index in [1.54, 1.807) is 0 Å². The van der Waals surface area contributed by atoms with Crippen LogP contribution in [0.3, 0.4) is 0 Å². The number of unbranched alkanes of at least 4 members (excludes halogenated alkanes) is 21. The molecule has 0 aromatic carbocycles. The molecule has 0 spiro atoms. The second-order valence-electron chi connectivity index (χ2n) is 19.6. The van der Waals surface area contributed by atoms with Crippen LogP contribution >= 0.6 is 0 Å². The van der Waals surface area contributed by atoms with Gasteiger partial charge in [0, 0.05) is 25.4 Å². The van der Waals surface area contributed by atoms with Gasteiger partial charge in [-0.3, -0.25) is 9.59 Å². The van der Waals surface area contributed by atoms with Crippen LogP contribution in [-0.4, -0.2) is 80.9 Å². The lowest BCUT2D eigenvalue weighted by molar-refractivity contribution is -0.146. The lowest BCUT2D eigenvalue weighted by Crippen LogP contribution is -2.42. The van der Waals surface area contributed by atoms with Gasteiger partial charge >= 0.3 is 18.0 Å². The molecule has 0 fully saturated rings. The van der Waals surface area contributed by atoms with E-state index in [0.29, 0.717) is 44.5 Å². The van der Waals surface area contributed by atoms with Gasteiger partial charge < -0.3 is 24.0 Å². The van der Waals surface area contributed by atoms with Crippen molar-refractivity contribution in [2.24, 2.45) is 11.8 Å². The van der Waals surface area contributed by atoms with E-state index in [-0.39, 0.29) is 24.1 Å². The zero-order valence-corrected chi connectivity index (χ0v) is 43.3. The van der Waals surface area contributed by atoms with E-state index in [1.165, 1.54) is 116 Å². The fraction of sp³-hybridized carbons (Fsp3) is 0.945. The third kappa shape index (κ3) is 40.2. The zero-order chi connectivity index (χ0) is 46.4. The number of carbonyl (C=O) groups excluding carboxylic acids is 3. The fourth-order valence-corrected chi connectivity index (χ4v) is 8.81. The summed E-state index contributed by atoms with van der Waals surface area (Å²) in [4.78, 5) is 43.0. The van der Waals surface area contributed by atoms with Crippen molar-refractivity contribution >= 4 is 18.0 Å². The summed E-state index contributed by atoms with van der Waals surface area (Å²) in [5.41, 5.74) is 0. The van der Waals surface area contributed by atoms with Crippen LogP contribution in [0.5, 0.6) is 0 Å². The summed E-state index contributed by atoms with van der Waals surface area (Å²) < 4.78 is 17.4. The molecular weight excluding hydrogens is 785 g/mol. The van der Waals surface area contributed by atoms with Gasteiger partial charge in [0.2, 0.25) is 0 Å². The molecule has 1 amide bonds. The van der Waals surface area contributed by atoms with Crippen LogP contribution in [0.4, 0.5) is 4.79 Å². The van der Waals surface area contributed by atoms with Crippen molar-refractivity contribution in [2.45, 2.75) is 278 Å². The van der Waals surface area contributed by atoms with Crippen LogP contribution in [0.15, 0.2) is 0 Å². The fourth-order valence-electron chi connectivity index (χ4n) is 8.81. The van der Waals surface area contributed by atoms with Crippen molar-refractivity contribution in [3.63, 3.8) is 0 Å². The molecule has 0 heterocycles. The van der Waals surface area contributed by atoms with Gasteiger partial charge in [0.25, 0.3) is 0 Å². The lowest BCUT2D eigenvalue weighted by Gasteiger charge is -2.32. The highest BCUT2D eigenvalue weighted by atomic mass is 16.6. The minimum atomic E-state index is -0.129. The SMILES string of the molecule is CCCCCCOC(=O)N(CCCN(C)C)C(CCCCCCCCC(=O)OCC(CCCC)CCCCCC)CCCCCCCCC(=O)OCC(CCCC)CCCCCC. The Kier molecular flexibility index (Phi) is 45.3. The molecule has 0 radical (unpaired) electrons. The highest BCUT2D eigenvalue weighted by Gasteiger charge is 2.24. The highest BCUT2D eigenvalue weighted by Crippen LogP contribution is 2.23. The van der Waals surface area contributed by atoms with Crippen LogP contribution in [0.1, 0.15) is 272 Å². The molecule has 8 heteroatoms. The van der Waals surface area contributed by atoms with Gasteiger partial charge in [-0.25, -0.2) is 4.79 Å². The highest BCUT2D eigenvalue weighted by molar-refractivity contribution is 5.69. The van der Waals surface area contributed by atoms with Gasteiger partial charge in [-0.1, -0.05) is 195 Å². The Balaban J connectivity index is 4.91. The standard InChI is InChI=1S/C55H108N2O6/c1-8-13-18-29-39-50(37-16-11-4)48-62-53(58)43-33-27-23-21-25-31-41-52(57(46-36-45-56(6)7)55(60)61-47-35-20-15-10-3)42-32-26-22-24-28-34-44-54(59)63-49-51(38-17-12-5)40-30-19-14-9-2/h50-52H,8-49H2,1-7H3. The van der Waals surface area contributed by atoms with Gasteiger partial charge in [-0.15, -0.1) is 0 Å². The van der Waals surface area contributed by atoms with Crippen molar-refractivity contribution in [1.29, 1.82) is 0 Å². The molecule has 0 rings (SSSR count). The molecule has 0 saturated carbocycles. The van der Waals surface area contributed by atoms with Gasteiger partial charge in [-0.2, -0.15) is 0 Å². The summed E-state index contributed by atoms with van der Waals surface area (Å²) in [6, 6.07) is 0.195. The van der Waals surface area contributed by atoms with Crippen molar-refractivity contribution in [3.05, 3.63) is 0 Å². The van der Waals surface area contributed by atoms with Crippen molar-refractivity contribution in [3.8, 4) is 0 Å². The average molecular weight is 893 g/mol. The topological polar surface area (TPSA) is 85.4 Å². The maximum atomic E-state index is 13.6. The molecule has 8 nitrogen and oxygen atoms in total. The Labute approximate surface area is 392 Å². The Morgan fingerprint density at radius 2 is 0.746 bits per heavy atom. The first-order chi connectivity index (χ1) is 30.7. The third-order valence-corrected chi connectivity index (χ3v) is 13.1. The van der Waals surface area contributed by atoms with Crippen LogP contribution in [-0.2, 0) is 23.8 Å². The first kappa shape index (κ1) is 61.2. The van der Waals surface area contributed by atoms with Gasteiger partial charge in [0.15, 0.2) is 0 Å². The summed E-state index contributed by atoms with van der Waals surface area (Å²) in [6.45, 7) is 14.6. The second kappa shape index (κ2) is 46.7. The van der Waals surface area contributed by atoms with E-state index < -0.39 is 0 Å². The normalized spacial score (nSPS) is 13.0. The van der Waals surface area contributed by atoms with Crippen LogP contribution in [0.2, 0.25) is 0 Å². The Morgan fingerprint density at radius 3 is 1.17 bits per heavy atom. The summed E-state index contributed by atoms with van der Waals surface area (Å²) >= 11 is 0. The van der Waals surface area contributed by atoms with Crippen LogP contribution in [0, 0.1) is 11.8 Å². The monoisotopic (exact) mass is 893 g/mol. The van der Waals surface area contributed by atoms with Crippen LogP contribution < -0.4 is 0 Å². The zero-order valence-electron chi connectivity index (χ0n) is 43.3. The molecule has 0 bridgehead atoms. The number of esters is 2. The molecule has 2 unspecified atom stereocenters. The van der Waals surface area contributed by atoms with Crippen molar-refractivity contribution in [1.82, 2.24) is 9.80 Å². The quantitative estimate of drug-likeness (QED) is 0.0342. The van der Waals surface area contributed by atoms with E-state index in [2.05, 4.69) is 58.5 Å². The number of hydrogen-bond acceptors (Lipinski definition) is 7. The lowest BCUT2D eigenvalue weighted by atomic mass is 9.96. The largest absolute Gasteiger partial charge is 0.465 e. The number of rotatable bonds is 48. The number of amides is 1. The average Bonchev–Trinajstić information content (AvgIpc) is 3.27. The number of carbonyl (C=O) groups is 3. The number of ether oxygens (including phenoxy) is 3. The smallest absolute Gasteiger partial charge is 0.410 e. The van der Waals surface area contributed by atoms with Gasteiger partial charge in [0.1, 0.15) is 0 Å². The predicted molar refractivity (Wildman–Crippen MR) is 268 cm³/mol. The second-order valence-corrected chi connectivity index (χ2v) is 19.6. The minimum Gasteiger partial charge on any atom is -0.465 e. The van der Waals surface area contributed by atoms with E-state index in [1.807, 2.05) is 0 Å². The Hall–Kier alpha value is -1.83. The molecule has 2 atom stereocenters. The van der Waals surface area contributed by atoms with Gasteiger partial charge in [-0.05, 0) is 96.7 Å². The third-order valence-electron chi connectivity index (χ3n) is 13.1. The van der Waals surface area contributed by atoms with Crippen molar-refractivity contribution < 1.29 is 28.6 Å². The van der Waals surface area contributed by atoms with Crippen LogP contribution in [0.25, 0.3) is 0 Å². The maximum absolute atomic E-state index is 13.6. The first-order valence-electron chi connectivity index (χ1n) is 27.6. The molecule has 63 heavy (non-hydrogen) atoms. The van der Waals surface area contributed by atoms with E-state index in [4.69, 9.17) is 14.2 Å². The van der Waals surface area contributed by atoms with E-state index in [0.717, 1.165) is 122 Å². The van der Waals surface area contributed by atoms with Crippen molar-refractivity contribution in [2.75, 3.05) is 47.0 Å². The van der Waals surface area contributed by atoms with E-state index >= 15 is 0 Å². The molecule has 0 saturated heterocycles. The molecule has 0 aromatic heterocycles.